The van der Waals surface area contributed by atoms with E-state index >= 15 is 0 Å². The van der Waals surface area contributed by atoms with Gasteiger partial charge in [0.05, 0.1) is 10.9 Å². The summed E-state index contributed by atoms with van der Waals surface area (Å²) in [7, 11) is -1.13. The maximum absolute atomic E-state index is 9.50. The minimum Gasteiger partial charge on any atom is -0.367 e. The van der Waals surface area contributed by atoms with Gasteiger partial charge in [0.15, 0.2) is 0 Å². The van der Waals surface area contributed by atoms with Crippen LogP contribution in [-0.4, -0.2) is 35.3 Å². The lowest BCUT2D eigenvalue weighted by atomic mass is 10.2. The molecule has 8 heteroatoms. The molecule has 136 valence electrons. The average molecular weight is 380 g/mol. The second kappa shape index (κ2) is 8.17. The lowest BCUT2D eigenvalue weighted by molar-refractivity contribution is 0.0898. The van der Waals surface area contributed by atoms with Gasteiger partial charge in [0.2, 0.25) is 5.28 Å². The number of hydrogen-bond donors (Lipinski definition) is 1. The van der Waals surface area contributed by atoms with Crippen molar-refractivity contribution in [3.63, 3.8) is 0 Å². The topological polar surface area (TPSA) is 75.8 Å². The molecule has 1 N–H and O–H groups in total. The number of nitrogens with zero attached hydrogens (tertiary/aromatic N) is 4. The number of rotatable bonds is 8. The van der Waals surface area contributed by atoms with Crippen LogP contribution in [0, 0.1) is 11.3 Å². The van der Waals surface area contributed by atoms with E-state index in [-0.39, 0.29) is 11.3 Å². The molecule has 0 radical (unpaired) electrons. The highest BCUT2D eigenvalue weighted by Gasteiger charge is 2.18. The van der Waals surface area contributed by atoms with Crippen molar-refractivity contribution in [2.75, 3.05) is 11.9 Å². The number of ether oxygens (including phenoxy) is 1. The van der Waals surface area contributed by atoms with Crippen LogP contribution in [0.25, 0.3) is 11.0 Å². The van der Waals surface area contributed by atoms with Crippen LogP contribution >= 0.6 is 11.6 Å². The molecule has 0 aliphatic carbocycles. The molecule has 0 bridgehead atoms. The van der Waals surface area contributed by atoms with Crippen LogP contribution < -0.4 is 5.32 Å². The van der Waals surface area contributed by atoms with Crippen LogP contribution in [0.3, 0.4) is 0 Å². The van der Waals surface area contributed by atoms with Crippen LogP contribution in [0.2, 0.25) is 31.0 Å². The second-order valence-electron chi connectivity index (χ2n) is 7.47. The van der Waals surface area contributed by atoms with Gasteiger partial charge in [-0.3, -0.25) is 0 Å². The Morgan fingerprint density at radius 2 is 2.12 bits per heavy atom. The molecule has 6 nitrogen and oxygen atoms in total. The number of hydrogen-bond acceptors (Lipinski definition) is 5. The minimum atomic E-state index is -1.13. The lowest BCUT2D eigenvalue weighted by Gasteiger charge is -2.16. The Bertz CT molecular complexity index is 778. The highest BCUT2D eigenvalue weighted by molar-refractivity contribution is 6.76. The summed E-state index contributed by atoms with van der Waals surface area (Å²) in [4.78, 5) is 8.60. The smallest absolute Gasteiger partial charge is 0.226 e. The number of aromatic nitrogens is 3. The van der Waals surface area contributed by atoms with Gasteiger partial charge in [-0.25, -0.2) is 0 Å². The summed E-state index contributed by atoms with van der Waals surface area (Å²) >= 11 is 6.10. The van der Waals surface area contributed by atoms with E-state index < -0.39 is 8.07 Å². The van der Waals surface area contributed by atoms with E-state index in [9.17, 15) is 5.26 Å². The minimum absolute atomic E-state index is 0.157. The maximum Gasteiger partial charge on any atom is 0.226 e. The third-order valence-electron chi connectivity index (χ3n) is 4.03. The predicted octanol–water partition coefficient (Wildman–Crippen LogP) is 4.48. The first-order valence-electron chi connectivity index (χ1n) is 8.56. The Labute approximate surface area is 155 Å². The van der Waals surface area contributed by atoms with E-state index in [1.54, 1.807) is 6.20 Å². The van der Waals surface area contributed by atoms with Crippen molar-refractivity contribution in [2.24, 2.45) is 0 Å². The zero-order valence-electron chi connectivity index (χ0n) is 15.6. The van der Waals surface area contributed by atoms with Crippen molar-refractivity contribution in [2.45, 2.75) is 58.7 Å². The Kier molecular flexibility index (Phi) is 6.44. The van der Waals surface area contributed by atoms with E-state index in [0.29, 0.717) is 35.8 Å². The molecule has 1 atom stereocenters. The van der Waals surface area contributed by atoms with Crippen LogP contribution in [-0.2, 0) is 11.5 Å². The van der Waals surface area contributed by atoms with Crippen LogP contribution in [0.5, 0.6) is 0 Å². The quantitative estimate of drug-likeness (QED) is 0.415. The van der Waals surface area contributed by atoms with Crippen molar-refractivity contribution < 1.29 is 4.74 Å². The van der Waals surface area contributed by atoms with E-state index in [0.717, 1.165) is 12.5 Å². The SMILES string of the molecule is CC[C@H](C)Nc1nc(Cl)nc2c1c(C#N)cn2COCC[Si](C)(C)C. The van der Waals surface area contributed by atoms with Crippen molar-refractivity contribution in [3.8, 4) is 6.07 Å². The molecule has 0 aliphatic rings. The Balaban J connectivity index is 2.31. The van der Waals surface area contributed by atoms with E-state index in [4.69, 9.17) is 16.3 Å². The molecule has 0 saturated heterocycles. The molecule has 25 heavy (non-hydrogen) atoms. The summed E-state index contributed by atoms with van der Waals surface area (Å²) in [6.45, 7) is 12.1. The van der Waals surface area contributed by atoms with Gasteiger partial charge in [-0.2, -0.15) is 15.2 Å². The summed E-state index contributed by atoms with van der Waals surface area (Å²) in [5, 5.41) is 13.7. The van der Waals surface area contributed by atoms with Gasteiger partial charge in [0.1, 0.15) is 24.3 Å². The third kappa shape index (κ3) is 5.17. The van der Waals surface area contributed by atoms with Gasteiger partial charge < -0.3 is 14.6 Å². The molecule has 2 aromatic rings. The molecule has 2 rings (SSSR count). The second-order valence-corrected chi connectivity index (χ2v) is 13.4. The molecule has 0 spiro atoms. The summed E-state index contributed by atoms with van der Waals surface area (Å²) in [6.07, 6.45) is 2.69. The first-order valence-corrected chi connectivity index (χ1v) is 12.6. The first kappa shape index (κ1) is 19.7. The Morgan fingerprint density at radius 1 is 1.40 bits per heavy atom. The summed E-state index contributed by atoms with van der Waals surface area (Å²) in [5.41, 5.74) is 1.14. The number of fused-ring (bicyclic) bond motifs is 1. The molecule has 0 saturated carbocycles. The normalized spacial score (nSPS) is 13.0. The average Bonchev–Trinajstić information content (AvgIpc) is 2.88. The summed E-state index contributed by atoms with van der Waals surface area (Å²) in [5.74, 6) is 0.599. The largest absolute Gasteiger partial charge is 0.367 e. The van der Waals surface area contributed by atoms with Crippen molar-refractivity contribution in [3.05, 3.63) is 17.0 Å². The van der Waals surface area contributed by atoms with Crippen LogP contribution in [0.1, 0.15) is 25.8 Å². The zero-order chi connectivity index (χ0) is 18.6. The molecule has 2 aromatic heterocycles. The molecular formula is C17H26ClN5OSi. The van der Waals surface area contributed by atoms with Crippen LogP contribution in [0.15, 0.2) is 6.20 Å². The molecule has 2 heterocycles. The van der Waals surface area contributed by atoms with Gasteiger partial charge >= 0.3 is 0 Å². The van der Waals surface area contributed by atoms with Crippen molar-refractivity contribution in [1.29, 1.82) is 5.26 Å². The van der Waals surface area contributed by atoms with Crippen molar-refractivity contribution >= 4 is 36.5 Å². The molecule has 0 unspecified atom stereocenters. The first-order chi connectivity index (χ1) is 11.7. The van der Waals surface area contributed by atoms with E-state index in [2.05, 4.69) is 54.8 Å². The van der Waals surface area contributed by atoms with Gasteiger partial charge in [0.25, 0.3) is 0 Å². The Hall–Kier alpha value is -1.62. The van der Waals surface area contributed by atoms with E-state index in [1.165, 1.54) is 0 Å². The molecule has 0 aromatic carbocycles. The maximum atomic E-state index is 9.50. The number of halogens is 1. The van der Waals surface area contributed by atoms with Gasteiger partial charge in [-0.1, -0.05) is 26.6 Å². The number of anilines is 1. The van der Waals surface area contributed by atoms with Gasteiger partial charge in [-0.15, -0.1) is 0 Å². The fourth-order valence-electron chi connectivity index (χ4n) is 2.32. The summed E-state index contributed by atoms with van der Waals surface area (Å²) in [6, 6.07) is 3.53. The van der Waals surface area contributed by atoms with Crippen LogP contribution in [0.4, 0.5) is 5.82 Å². The fourth-order valence-corrected chi connectivity index (χ4v) is 3.25. The number of nitriles is 1. The molecule has 0 amide bonds. The zero-order valence-corrected chi connectivity index (χ0v) is 17.3. The van der Waals surface area contributed by atoms with Gasteiger partial charge in [0, 0.05) is 26.9 Å². The van der Waals surface area contributed by atoms with Crippen molar-refractivity contribution in [1.82, 2.24) is 14.5 Å². The standard InChI is InChI=1S/C17H26ClN5OSi/c1-6-12(2)20-15-14-13(9-19)10-23(16(14)22-17(18)21-15)11-24-7-8-25(3,4)5/h10,12H,6-8,11H2,1-5H3,(H,20,21,22)/t12-/m0/s1. The molecule has 0 fully saturated rings. The summed E-state index contributed by atoms with van der Waals surface area (Å²) < 4.78 is 7.63. The highest BCUT2D eigenvalue weighted by Crippen LogP contribution is 2.28. The molecule has 0 aliphatic heterocycles. The van der Waals surface area contributed by atoms with Gasteiger partial charge in [-0.05, 0) is 31.0 Å². The highest BCUT2D eigenvalue weighted by atomic mass is 35.5. The third-order valence-corrected chi connectivity index (χ3v) is 5.90. The fraction of sp³-hybridized carbons (Fsp3) is 0.588. The monoisotopic (exact) mass is 379 g/mol. The predicted molar refractivity (Wildman–Crippen MR) is 105 cm³/mol. The lowest BCUT2D eigenvalue weighted by Crippen LogP contribution is -2.22. The molecular weight excluding hydrogens is 354 g/mol. The Morgan fingerprint density at radius 3 is 2.72 bits per heavy atom. The van der Waals surface area contributed by atoms with E-state index in [1.807, 2.05) is 4.57 Å². The number of nitrogens with one attached hydrogen (secondary N) is 1.